The molecule has 3 rings (SSSR count). The fourth-order valence-electron chi connectivity index (χ4n) is 2.68. The summed E-state index contributed by atoms with van der Waals surface area (Å²) in [7, 11) is 0. The van der Waals surface area contributed by atoms with E-state index in [9.17, 15) is 57.5 Å². The number of carboxylic acids is 12. The molecule has 12 atom stereocenters. The van der Waals surface area contributed by atoms with Crippen LogP contribution in [0.2, 0.25) is 0 Å². The van der Waals surface area contributed by atoms with Crippen LogP contribution in [-0.4, -0.2) is 272 Å². The molecule has 0 saturated heterocycles. The first-order valence-corrected chi connectivity index (χ1v) is 30.2. The molecule has 0 aliphatic rings. The average Bonchev–Trinajstić information content (AvgIpc) is 4.39. The van der Waals surface area contributed by atoms with Crippen molar-refractivity contribution in [3.8, 4) is 0 Å². The Hall–Kier alpha value is -4.19. The summed E-state index contributed by atoms with van der Waals surface area (Å²) in [4.78, 5) is 141. The van der Waals surface area contributed by atoms with E-state index in [1.165, 1.54) is 37.6 Å². The second-order valence-electron chi connectivity index (χ2n) is 16.5. The molecule has 0 saturated carbocycles. The summed E-state index contributed by atoms with van der Waals surface area (Å²) in [6.45, 7) is 0. The third-order valence-corrected chi connectivity index (χ3v) is 11.5. The van der Waals surface area contributed by atoms with Gasteiger partial charge < -0.3 is 274 Å². The number of nitrogens with zero attached hydrogens (tertiary/aromatic N) is 6. The fraction of sp³-hybridized carbons (Fsp3) is 0.533. The van der Waals surface area contributed by atoms with E-state index in [-0.39, 0.29) is 138 Å². The second kappa shape index (κ2) is 79.5. The van der Waals surface area contributed by atoms with Gasteiger partial charge in [-0.3, -0.25) is 57.5 Å². The van der Waals surface area contributed by atoms with Gasteiger partial charge in [0.25, 0.3) is 0 Å². The van der Waals surface area contributed by atoms with E-state index in [1.54, 1.807) is 0 Å². The molecule has 558 valence electrons. The third-order valence-electron chi connectivity index (χ3n) is 8.25. The van der Waals surface area contributed by atoms with Crippen molar-refractivity contribution in [3.05, 3.63) is 54.7 Å². The molecule has 0 aliphatic carbocycles. The van der Waals surface area contributed by atoms with Crippen LogP contribution in [0.25, 0.3) is 0 Å². The number of aliphatic carboxylic acids is 12. The Bertz CT molecular complexity index is 2180. The zero-order chi connectivity index (χ0) is 77.6. The molecular formula is C45H84N18O24S9Zn3. The van der Waals surface area contributed by atoms with Crippen LogP contribution < -0.4 is 83.8 Å². The van der Waals surface area contributed by atoms with Gasteiger partial charge in [-0.05, 0) is 19.3 Å². The quantitative estimate of drug-likeness (QED) is 0.0249. The zero-order valence-corrected chi connectivity index (χ0v) is 68.3. The minimum absolute atomic E-state index is 0. The van der Waals surface area contributed by atoms with Gasteiger partial charge >= 0.3 is 139 Å². The number of nitrogens with two attached hydrogens (primary N) is 12. The Morgan fingerprint density at radius 3 is 0.414 bits per heavy atom. The molecule has 3 aromatic heterocycles. The predicted octanol–water partition coefficient (Wildman–Crippen LogP) is -11.8. The van der Waals surface area contributed by atoms with Gasteiger partial charge in [0.15, 0.2) is 0 Å². The summed E-state index contributed by atoms with van der Waals surface area (Å²) in [5.41, 5.74) is 61.8. The van der Waals surface area contributed by atoms with Gasteiger partial charge in [-0.25, -0.2) is 0 Å². The van der Waals surface area contributed by atoms with Gasteiger partial charge in [0, 0.05) is 0 Å². The standard InChI is InChI=1S/3C6H9N3O2.9C3H7NO2S.3Zn/c3*7-5(6(10)11)1-4-2-8-3-9-4;9*4-2(1-7)3(5)6;;;/h3*2-3,5H,1,7H2,(H2,8,9,10,11);9*2,7H,1,4H2,(H,5,6);;;/q;;;;;;;;;;;;3*+2/p-6/t3*5-;9*2-;;;/m000000000000.../s1. The average molecular weight is 1750 g/mol. The Labute approximate surface area is 663 Å². The van der Waals surface area contributed by atoms with Gasteiger partial charge in [-0.2, -0.15) is 51.8 Å². The molecular weight excluding hydrogens is 1660 g/mol. The van der Waals surface area contributed by atoms with Crippen molar-refractivity contribution in [3.63, 3.8) is 0 Å². The van der Waals surface area contributed by atoms with Crippen molar-refractivity contribution >= 4 is 185 Å². The summed E-state index contributed by atoms with van der Waals surface area (Å²) >= 11 is 39.1. The maximum Gasteiger partial charge on any atom is 2.00 e. The minimum atomic E-state index is -1.03. The van der Waals surface area contributed by atoms with E-state index >= 15 is 0 Å². The topological polar surface area (TPSA) is 841 Å². The van der Waals surface area contributed by atoms with E-state index in [0.717, 1.165) is 0 Å². The predicted molar refractivity (Wildman–Crippen MR) is 368 cm³/mol. The molecule has 42 nitrogen and oxygen atoms in total. The van der Waals surface area contributed by atoms with Crippen molar-refractivity contribution in [2.75, 3.05) is 51.8 Å². The Morgan fingerprint density at radius 2 is 0.364 bits per heavy atom. The molecule has 3 aromatic rings. The Balaban J connectivity index is -0.0000000491. The number of aromatic nitrogens is 6. The van der Waals surface area contributed by atoms with Crippen LogP contribution in [0, 0.1) is 0 Å². The molecule has 99 heavy (non-hydrogen) atoms. The number of imidazole rings is 3. The van der Waals surface area contributed by atoms with Gasteiger partial charge in [0.1, 0.15) is 18.1 Å². The van der Waals surface area contributed by atoms with Crippen LogP contribution in [0.5, 0.6) is 0 Å². The zero-order valence-electron chi connectivity index (χ0n) is 58.1. The molecule has 0 spiro atoms. The molecule has 54 heteroatoms. The van der Waals surface area contributed by atoms with Crippen LogP contribution in [0.3, 0.4) is 0 Å². The number of carboxylic acid groups (broad SMARTS) is 12. The molecule has 36 N–H and O–H groups in total. The van der Waals surface area contributed by atoms with E-state index in [1.807, 2.05) is 0 Å². The first-order valence-electron chi connectivity index (χ1n) is 25.0. The first kappa shape index (κ1) is 122. The van der Waals surface area contributed by atoms with Gasteiger partial charge in [-0.1, -0.05) is 54.7 Å². The Morgan fingerprint density at radius 1 is 0.263 bits per heavy atom. The van der Waals surface area contributed by atoms with Crippen LogP contribution in [0.4, 0.5) is 0 Å². The summed E-state index contributed by atoms with van der Waals surface area (Å²) < 4.78 is 0. The van der Waals surface area contributed by atoms with Crippen molar-refractivity contribution < 1.29 is 186 Å². The number of carbonyl (C=O) groups is 12. The van der Waals surface area contributed by atoms with E-state index < -0.39 is 144 Å². The van der Waals surface area contributed by atoms with E-state index in [2.05, 4.69) is 144 Å². The number of hydrogen-bond donors (Lipinski definition) is 24. The van der Waals surface area contributed by atoms with Crippen LogP contribution in [0.15, 0.2) is 37.6 Å². The van der Waals surface area contributed by atoms with Crippen LogP contribution in [-0.2, 0) is 249 Å². The molecule has 0 aliphatic heterocycles. The van der Waals surface area contributed by atoms with E-state index in [0.29, 0.717) is 17.1 Å². The normalized spacial score (nSPS) is 12.8. The number of rotatable bonds is 27. The van der Waals surface area contributed by atoms with Crippen molar-refractivity contribution in [1.82, 2.24) is 29.9 Å². The summed E-state index contributed by atoms with van der Waals surface area (Å²) in [5, 5.41) is 97.1. The fourth-order valence-corrected chi connectivity index (χ4v) is 3.96. The largest absolute Gasteiger partial charge is 2.00 e. The summed E-state index contributed by atoms with van der Waals surface area (Å²) in [5.74, 6) is -11.6. The molecule has 0 radical (unpaired) electrons. The summed E-state index contributed by atoms with van der Waals surface area (Å²) in [6, 6.07) is -10.4. The summed E-state index contributed by atoms with van der Waals surface area (Å²) in [6.07, 6.45) is 9.30. The van der Waals surface area contributed by atoms with Crippen LogP contribution >= 0.6 is 0 Å². The maximum absolute atomic E-state index is 10.3. The molecule has 3 heterocycles. The third kappa shape index (κ3) is 88.0. The molecule has 0 fully saturated rings. The molecule has 0 aromatic carbocycles. The van der Waals surface area contributed by atoms with Gasteiger partial charge in [0.05, 0.1) is 54.4 Å². The monoisotopic (exact) mass is 1740 g/mol. The van der Waals surface area contributed by atoms with Crippen molar-refractivity contribution in [2.24, 2.45) is 68.8 Å². The second-order valence-corrected chi connectivity index (χ2v) is 19.5. The van der Waals surface area contributed by atoms with Crippen molar-refractivity contribution in [2.45, 2.75) is 91.8 Å². The Kier molecular flexibility index (Phi) is 97.7. The molecule has 0 bridgehead atoms. The van der Waals surface area contributed by atoms with Crippen LogP contribution in [0.1, 0.15) is 25.6 Å². The molecule has 0 amide bonds. The SMILES string of the molecule is N[C@@H](C[S-])C(=O)O.N[C@@H](C[S-])C(=O)O.N[C@@H](C[S-])C(=O)O.N[C@@H](C[S-])C(=O)O.N[C@@H](C[S-])C(=O)O.N[C@@H](C[S-])C(=O)O.N[C@@H](C[S-])C(=O)O.N[C@@H](C[S-])C(=O)O.N[C@@H](C[S-])C(=O)O.N[C@@H](Cc1c[n-]cn1)C(=O)O.N[C@@H](Cc1c[n-]cn1)C(=O)O.N[C@@H](Cc1c[n-]cn1)C(=O)O.[H+].[H+].[H+].[H+].[H+].[H+].[Zn+2].[Zn+2].[Zn+2]. The first-order chi connectivity index (χ1) is 44.2. The van der Waals surface area contributed by atoms with Gasteiger partial charge in [0.2, 0.25) is 0 Å². The van der Waals surface area contributed by atoms with E-state index in [4.69, 9.17) is 130 Å². The maximum atomic E-state index is 10.3. The molecule has 0 unspecified atom stereocenters. The van der Waals surface area contributed by atoms with Crippen molar-refractivity contribution in [1.29, 1.82) is 0 Å². The number of hydrogen-bond acceptors (Lipinski definition) is 36. The smallest absolute Gasteiger partial charge is 0.791 e. The van der Waals surface area contributed by atoms with Gasteiger partial charge in [-0.15, -0.1) is 0 Å². The minimum Gasteiger partial charge on any atom is -0.791 e.